The van der Waals surface area contributed by atoms with Crippen molar-refractivity contribution in [3.63, 3.8) is 0 Å². The second kappa shape index (κ2) is 7.43. The number of hydrogen-bond donors (Lipinski definition) is 1. The normalized spacial score (nSPS) is 12.4. The van der Waals surface area contributed by atoms with Gasteiger partial charge in [-0.3, -0.25) is 0 Å². The highest BCUT2D eigenvalue weighted by Crippen LogP contribution is 2.35. The average molecular weight is 480 g/mol. The molecule has 24 heavy (non-hydrogen) atoms. The molecule has 0 heterocycles. The zero-order valence-corrected chi connectivity index (χ0v) is 16.3. The minimum atomic E-state index is -4.35. The summed E-state index contributed by atoms with van der Waals surface area (Å²) >= 11 is 20.6. The number of benzene rings is 2. The molecule has 10 heteroatoms. The maximum absolute atomic E-state index is 14.2. The van der Waals surface area contributed by atoms with Crippen LogP contribution in [0.5, 0.6) is 0 Å². The van der Waals surface area contributed by atoms with Gasteiger partial charge in [0.2, 0.25) is 10.0 Å². The largest absolute Gasteiger partial charge is 0.287 e. The van der Waals surface area contributed by atoms with Crippen LogP contribution in [0.25, 0.3) is 0 Å². The van der Waals surface area contributed by atoms with Crippen molar-refractivity contribution in [2.75, 3.05) is 6.54 Å². The second-order valence-corrected chi connectivity index (χ2v) is 8.55. The minimum absolute atomic E-state index is 0.165. The van der Waals surface area contributed by atoms with E-state index in [1.807, 2.05) is 4.72 Å². The minimum Gasteiger partial charge on any atom is -0.207 e. The first-order valence-electron chi connectivity index (χ1n) is 6.31. The highest BCUT2D eigenvalue weighted by atomic mass is 79.9. The topological polar surface area (TPSA) is 46.2 Å². The monoisotopic (exact) mass is 477 g/mol. The van der Waals surface area contributed by atoms with Gasteiger partial charge >= 0.3 is 0 Å². The molecule has 0 saturated heterocycles. The molecule has 2 aromatic carbocycles. The summed E-state index contributed by atoms with van der Waals surface area (Å²) in [5.41, 5.74) is -0.484. The molecule has 130 valence electrons. The number of sulfonamides is 1. The lowest BCUT2D eigenvalue weighted by Gasteiger charge is -2.19. The molecule has 0 amide bonds. The van der Waals surface area contributed by atoms with Gasteiger partial charge in [-0.25, -0.2) is 13.1 Å². The highest BCUT2D eigenvalue weighted by molar-refractivity contribution is 9.10. The van der Waals surface area contributed by atoms with Crippen LogP contribution in [0.1, 0.15) is 5.56 Å². The van der Waals surface area contributed by atoms with Crippen LogP contribution in [0.15, 0.2) is 45.8 Å². The van der Waals surface area contributed by atoms with Crippen molar-refractivity contribution >= 4 is 60.8 Å². The first-order chi connectivity index (χ1) is 11.0. The molecule has 0 aliphatic heterocycles. The predicted molar refractivity (Wildman–Crippen MR) is 94.7 cm³/mol. The summed E-state index contributed by atoms with van der Waals surface area (Å²) in [6.07, 6.45) is 0. The SMILES string of the molecule is O=S(=O)(NCC(F)(F)c1ccccc1Cl)c1c(Cl)cc(Br)cc1Cl. The third-order valence-electron chi connectivity index (χ3n) is 2.98. The Labute approximate surface area is 161 Å². The Kier molecular flexibility index (Phi) is 6.16. The molecule has 0 aromatic heterocycles. The van der Waals surface area contributed by atoms with Crippen LogP contribution in [0.3, 0.4) is 0 Å². The van der Waals surface area contributed by atoms with E-state index in [1.165, 1.54) is 30.3 Å². The summed E-state index contributed by atoms with van der Waals surface area (Å²) in [7, 11) is -4.35. The van der Waals surface area contributed by atoms with Gasteiger partial charge in [0.05, 0.1) is 16.6 Å². The second-order valence-electron chi connectivity index (χ2n) is 4.71. The number of nitrogens with one attached hydrogen (secondary N) is 1. The van der Waals surface area contributed by atoms with Crippen molar-refractivity contribution < 1.29 is 17.2 Å². The van der Waals surface area contributed by atoms with Gasteiger partial charge in [-0.1, -0.05) is 68.9 Å². The lowest BCUT2D eigenvalue weighted by Crippen LogP contribution is -2.35. The van der Waals surface area contributed by atoms with E-state index < -0.39 is 32.9 Å². The molecular weight excluding hydrogens is 470 g/mol. The summed E-state index contributed by atoms with van der Waals surface area (Å²) in [5, 5.41) is -0.549. The standard InChI is InChI=1S/C14H9BrCl3F2NO2S/c15-8-5-11(17)13(12(18)6-8)24(22,23)21-7-14(19,20)9-3-1-2-4-10(9)16/h1-6,21H,7H2. The molecule has 3 nitrogen and oxygen atoms in total. The molecule has 0 bridgehead atoms. The molecule has 0 unspecified atom stereocenters. The van der Waals surface area contributed by atoms with Crippen LogP contribution in [-0.2, 0) is 15.9 Å². The van der Waals surface area contributed by atoms with E-state index in [9.17, 15) is 17.2 Å². The van der Waals surface area contributed by atoms with Gasteiger partial charge in [-0.2, -0.15) is 8.78 Å². The molecule has 0 saturated carbocycles. The molecule has 2 aromatic rings. The van der Waals surface area contributed by atoms with Gasteiger partial charge in [0.1, 0.15) is 4.90 Å². The first-order valence-corrected chi connectivity index (χ1v) is 9.72. The van der Waals surface area contributed by atoms with Crippen LogP contribution >= 0.6 is 50.7 Å². The quantitative estimate of drug-likeness (QED) is 0.617. The molecule has 0 fully saturated rings. The molecule has 0 atom stereocenters. The predicted octanol–water partition coefficient (Wildman–Crippen LogP) is 5.48. The first kappa shape index (κ1) is 19.9. The third-order valence-corrected chi connectivity index (χ3v) is 6.09. The highest BCUT2D eigenvalue weighted by Gasteiger charge is 2.36. The van der Waals surface area contributed by atoms with Gasteiger partial charge < -0.3 is 0 Å². The summed E-state index contributed by atoms with van der Waals surface area (Å²) < 4.78 is 55.3. The Morgan fingerprint density at radius 3 is 2.12 bits per heavy atom. The summed E-state index contributed by atoms with van der Waals surface area (Å²) in [6.45, 7) is -1.19. The Bertz CT molecular complexity index is 855. The van der Waals surface area contributed by atoms with E-state index in [0.29, 0.717) is 4.47 Å². The molecule has 1 N–H and O–H groups in total. The fourth-order valence-corrected chi connectivity index (χ4v) is 5.14. The smallest absolute Gasteiger partial charge is 0.207 e. The lowest BCUT2D eigenvalue weighted by atomic mass is 10.1. The van der Waals surface area contributed by atoms with Crippen molar-refractivity contribution in [2.24, 2.45) is 0 Å². The maximum Gasteiger partial charge on any atom is 0.287 e. The molecule has 0 aliphatic rings. The Morgan fingerprint density at radius 2 is 1.58 bits per heavy atom. The molecule has 0 radical (unpaired) electrons. The van der Waals surface area contributed by atoms with Gasteiger partial charge in [0, 0.05) is 15.1 Å². The lowest BCUT2D eigenvalue weighted by molar-refractivity contribution is 0.00221. The van der Waals surface area contributed by atoms with E-state index in [1.54, 1.807) is 0 Å². The van der Waals surface area contributed by atoms with Gasteiger partial charge in [0.25, 0.3) is 5.92 Å². The van der Waals surface area contributed by atoms with E-state index in [2.05, 4.69) is 15.9 Å². The van der Waals surface area contributed by atoms with E-state index >= 15 is 0 Å². The van der Waals surface area contributed by atoms with Crippen molar-refractivity contribution in [1.82, 2.24) is 4.72 Å². The fourth-order valence-electron chi connectivity index (χ4n) is 1.90. The zero-order valence-electron chi connectivity index (χ0n) is 11.7. The Hall–Kier alpha value is -0.440. The zero-order chi connectivity index (χ0) is 18.1. The van der Waals surface area contributed by atoms with Crippen LogP contribution < -0.4 is 4.72 Å². The summed E-state index contributed by atoms with van der Waals surface area (Å²) in [6, 6.07) is 7.89. The van der Waals surface area contributed by atoms with Crippen molar-refractivity contribution in [3.8, 4) is 0 Å². The van der Waals surface area contributed by atoms with Crippen LogP contribution in [0, 0.1) is 0 Å². The van der Waals surface area contributed by atoms with Gasteiger partial charge in [-0.05, 0) is 18.2 Å². The summed E-state index contributed by atoms with van der Waals surface area (Å²) in [5.74, 6) is -3.51. The van der Waals surface area contributed by atoms with Gasteiger partial charge in [0.15, 0.2) is 0 Å². The number of rotatable bonds is 5. The average Bonchev–Trinajstić information content (AvgIpc) is 2.44. The van der Waals surface area contributed by atoms with E-state index in [4.69, 9.17) is 34.8 Å². The third kappa shape index (κ3) is 4.39. The molecular formula is C14H9BrCl3F2NO2S. The number of halogens is 6. The maximum atomic E-state index is 14.2. The van der Waals surface area contributed by atoms with Crippen molar-refractivity contribution in [3.05, 3.63) is 61.5 Å². The molecule has 0 aliphatic carbocycles. The van der Waals surface area contributed by atoms with Gasteiger partial charge in [-0.15, -0.1) is 0 Å². The fraction of sp³-hybridized carbons (Fsp3) is 0.143. The van der Waals surface area contributed by atoms with Crippen LogP contribution in [0.4, 0.5) is 8.78 Å². The number of hydrogen-bond acceptors (Lipinski definition) is 2. The summed E-state index contributed by atoms with van der Waals surface area (Å²) in [4.78, 5) is -0.469. The number of alkyl halides is 2. The van der Waals surface area contributed by atoms with Crippen LogP contribution in [0.2, 0.25) is 15.1 Å². The van der Waals surface area contributed by atoms with Crippen molar-refractivity contribution in [1.29, 1.82) is 0 Å². The van der Waals surface area contributed by atoms with Crippen molar-refractivity contribution in [2.45, 2.75) is 10.8 Å². The molecule has 0 spiro atoms. The van der Waals surface area contributed by atoms with E-state index in [-0.39, 0.29) is 15.1 Å². The Balaban J connectivity index is 2.30. The Morgan fingerprint density at radius 1 is 1.04 bits per heavy atom. The van der Waals surface area contributed by atoms with E-state index in [0.717, 1.165) is 6.07 Å². The van der Waals surface area contributed by atoms with Crippen LogP contribution in [-0.4, -0.2) is 15.0 Å². The molecule has 2 rings (SSSR count).